The predicted octanol–water partition coefficient (Wildman–Crippen LogP) is 5.03. The molecule has 4 rings (SSSR count). The van der Waals surface area contributed by atoms with Crippen LogP contribution in [0.4, 0.5) is 0 Å². The van der Waals surface area contributed by atoms with Crippen LogP contribution in [0.5, 0.6) is 11.5 Å². The first-order valence-corrected chi connectivity index (χ1v) is 9.40. The fourth-order valence-electron chi connectivity index (χ4n) is 3.85. The maximum Gasteiger partial charge on any atom is 0.165 e. The van der Waals surface area contributed by atoms with Crippen molar-refractivity contribution in [3.63, 3.8) is 0 Å². The number of rotatable bonds is 6. The van der Waals surface area contributed by atoms with Gasteiger partial charge in [0.2, 0.25) is 0 Å². The normalized spacial score (nSPS) is 18.3. The molecule has 2 unspecified atom stereocenters. The lowest BCUT2D eigenvalue weighted by molar-refractivity contribution is 0.299. The minimum atomic E-state index is 0.0557. The van der Waals surface area contributed by atoms with Crippen LogP contribution in [0, 0.1) is 0 Å². The second-order valence-electron chi connectivity index (χ2n) is 6.80. The van der Waals surface area contributed by atoms with Crippen molar-refractivity contribution in [3.8, 4) is 11.5 Å². The molecule has 1 aliphatic rings. The van der Waals surface area contributed by atoms with Gasteiger partial charge in [0.1, 0.15) is 6.04 Å². The molecule has 28 heavy (non-hydrogen) atoms. The summed E-state index contributed by atoms with van der Waals surface area (Å²) in [6, 6.07) is 27.2. The minimum Gasteiger partial charge on any atom is -0.493 e. The third kappa shape index (κ3) is 3.46. The zero-order chi connectivity index (χ0) is 19.3. The Hall–Kier alpha value is -3.27. The maximum atomic E-state index is 5.63. The fourth-order valence-corrected chi connectivity index (χ4v) is 3.85. The number of hydrogen-bond acceptors (Lipinski definition) is 4. The highest BCUT2D eigenvalue weighted by Gasteiger charge is 2.33. The van der Waals surface area contributed by atoms with E-state index in [0.717, 1.165) is 17.1 Å². The van der Waals surface area contributed by atoms with Crippen LogP contribution in [-0.2, 0) is 6.54 Å². The van der Waals surface area contributed by atoms with Gasteiger partial charge in [-0.1, -0.05) is 72.8 Å². The molecule has 3 aromatic carbocycles. The lowest BCUT2D eigenvalue weighted by Gasteiger charge is -2.29. The first kappa shape index (κ1) is 18.1. The summed E-state index contributed by atoms with van der Waals surface area (Å²) >= 11 is 0. The third-order valence-corrected chi connectivity index (χ3v) is 5.15. The van der Waals surface area contributed by atoms with Crippen LogP contribution in [0.1, 0.15) is 28.8 Å². The van der Waals surface area contributed by atoms with Crippen molar-refractivity contribution in [2.24, 2.45) is 4.99 Å². The highest BCUT2D eigenvalue weighted by atomic mass is 16.5. The first-order chi connectivity index (χ1) is 13.8. The lowest BCUT2D eigenvalue weighted by atomic mass is 9.93. The Kier molecular flexibility index (Phi) is 5.29. The van der Waals surface area contributed by atoms with E-state index in [2.05, 4.69) is 59.5 Å². The van der Waals surface area contributed by atoms with Crippen molar-refractivity contribution in [2.45, 2.75) is 18.6 Å². The van der Waals surface area contributed by atoms with Gasteiger partial charge in [-0.3, -0.25) is 4.99 Å². The van der Waals surface area contributed by atoms with Crippen molar-refractivity contribution in [3.05, 3.63) is 95.6 Å². The van der Waals surface area contributed by atoms with Crippen LogP contribution in [0.25, 0.3) is 0 Å². The molecule has 2 atom stereocenters. The number of para-hydroxylation sites is 1. The number of aliphatic imine (C=N–C) groups is 1. The van der Waals surface area contributed by atoms with E-state index in [1.807, 2.05) is 30.6 Å². The molecule has 0 bridgehead atoms. The summed E-state index contributed by atoms with van der Waals surface area (Å²) in [5, 5.41) is 0. The number of benzene rings is 3. The Morgan fingerprint density at radius 3 is 2.11 bits per heavy atom. The molecular weight excluding hydrogens is 348 g/mol. The zero-order valence-corrected chi connectivity index (χ0v) is 16.2. The van der Waals surface area contributed by atoms with E-state index in [4.69, 9.17) is 14.5 Å². The lowest BCUT2D eigenvalue weighted by Crippen LogP contribution is -2.25. The van der Waals surface area contributed by atoms with Crippen LogP contribution >= 0.6 is 0 Å². The summed E-state index contributed by atoms with van der Waals surface area (Å²) in [7, 11) is 3.35. The van der Waals surface area contributed by atoms with Gasteiger partial charge in [-0.15, -0.1) is 0 Å². The maximum absolute atomic E-state index is 5.63. The van der Waals surface area contributed by atoms with Gasteiger partial charge in [0.25, 0.3) is 0 Å². The number of hydrogen-bond donors (Lipinski definition) is 0. The topological polar surface area (TPSA) is 34.1 Å². The molecule has 0 fully saturated rings. The van der Waals surface area contributed by atoms with E-state index in [1.54, 1.807) is 14.2 Å². The van der Waals surface area contributed by atoms with Crippen LogP contribution in [0.2, 0.25) is 0 Å². The molecule has 0 radical (unpaired) electrons. The highest BCUT2D eigenvalue weighted by Crippen LogP contribution is 2.42. The molecule has 0 N–H and O–H groups in total. The van der Waals surface area contributed by atoms with Crippen molar-refractivity contribution in [2.75, 3.05) is 14.2 Å². The molecule has 0 saturated carbocycles. The van der Waals surface area contributed by atoms with Gasteiger partial charge in [0.15, 0.2) is 11.5 Å². The summed E-state index contributed by atoms with van der Waals surface area (Å²) in [5.41, 5.74) is 3.53. The second kappa shape index (κ2) is 8.17. The first-order valence-electron chi connectivity index (χ1n) is 9.40. The van der Waals surface area contributed by atoms with Gasteiger partial charge in [0.05, 0.1) is 26.6 Å². The number of ether oxygens (including phenoxy) is 2. The molecule has 4 heteroatoms. The standard InChI is InChI=1S/C24H24N2O2/c1-27-21-15-9-14-20(24(21)28-2)16-26-17-25-22(18-10-5-3-6-11-18)23(26)19-12-7-4-8-13-19/h3-15,17,22-23H,16H2,1-2H3. The fraction of sp³-hybridized carbons (Fsp3) is 0.208. The summed E-state index contributed by atoms with van der Waals surface area (Å²) in [4.78, 5) is 7.15. The van der Waals surface area contributed by atoms with Crippen molar-refractivity contribution < 1.29 is 9.47 Å². The van der Waals surface area contributed by atoms with Crippen molar-refractivity contribution in [1.82, 2.24) is 4.90 Å². The van der Waals surface area contributed by atoms with E-state index in [-0.39, 0.29) is 12.1 Å². The Balaban J connectivity index is 1.70. The smallest absolute Gasteiger partial charge is 0.165 e. The largest absolute Gasteiger partial charge is 0.493 e. The summed E-state index contributed by atoms with van der Waals surface area (Å²) in [6.07, 6.45) is 1.97. The molecular formula is C24H24N2O2. The molecule has 0 spiro atoms. The third-order valence-electron chi connectivity index (χ3n) is 5.15. The molecule has 1 aliphatic heterocycles. The van der Waals surface area contributed by atoms with Gasteiger partial charge >= 0.3 is 0 Å². The molecule has 0 saturated heterocycles. The summed E-state index contributed by atoms with van der Waals surface area (Å²) < 4.78 is 11.1. The molecule has 1 heterocycles. The van der Waals surface area contributed by atoms with Gasteiger partial charge in [-0.25, -0.2) is 0 Å². The monoisotopic (exact) mass is 372 g/mol. The molecule has 3 aromatic rings. The zero-order valence-electron chi connectivity index (χ0n) is 16.2. The summed E-state index contributed by atoms with van der Waals surface area (Å²) in [6.45, 7) is 0.687. The van der Waals surface area contributed by atoms with Crippen LogP contribution in [0.15, 0.2) is 83.9 Å². The quantitative estimate of drug-likeness (QED) is 0.608. The van der Waals surface area contributed by atoms with Crippen LogP contribution < -0.4 is 9.47 Å². The van der Waals surface area contributed by atoms with E-state index in [1.165, 1.54) is 11.1 Å². The van der Waals surface area contributed by atoms with Crippen LogP contribution in [0.3, 0.4) is 0 Å². The predicted molar refractivity (Wildman–Crippen MR) is 112 cm³/mol. The van der Waals surface area contributed by atoms with Gasteiger partial charge < -0.3 is 14.4 Å². The molecule has 0 aliphatic carbocycles. The van der Waals surface area contributed by atoms with E-state index in [9.17, 15) is 0 Å². The number of nitrogens with zero attached hydrogens (tertiary/aromatic N) is 2. The Bertz CT molecular complexity index is 941. The highest BCUT2D eigenvalue weighted by molar-refractivity contribution is 5.62. The van der Waals surface area contributed by atoms with E-state index >= 15 is 0 Å². The Morgan fingerprint density at radius 1 is 0.786 bits per heavy atom. The van der Waals surface area contributed by atoms with Crippen molar-refractivity contribution >= 4 is 6.34 Å². The Morgan fingerprint density at radius 2 is 1.46 bits per heavy atom. The molecule has 4 nitrogen and oxygen atoms in total. The van der Waals surface area contributed by atoms with Crippen molar-refractivity contribution in [1.29, 1.82) is 0 Å². The van der Waals surface area contributed by atoms with E-state index < -0.39 is 0 Å². The van der Waals surface area contributed by atoms with Gasteiger partial charge in [0, 0.05) is 12.1 Å². The SMILES string of the molecule is COc1cccc(CN2C=NC(c3ccccc3)C2c2ccccc2)c1OC. The average molecular weight is 372 g/mol. The second-order valence-corrected chi connectivity index (χ2v) is 6.80. The number of methoxy groups -OCH3 is 2. The summed E-state index contributed by atoms with van der Waals surface area (Å²) in [5.74, 6) is 1.51. The minimum absolute atomic E-state index is 0.0557. The van der Waals surface area contributed by atoms with Crippen LogP contribution in [-0.4, -0.2) is 25.5 Å². The Labute approximate surface area is 166 Å². The molecule has 142 valence electrons. The van der Waals surface area contributed by atoms with Gasteiger partial charge in [-0.05, 0) is 17.2 Å². The molecule has 0 amide bonds. The molecule has 0 aromatic heterocycles. The van der Waals surface area contributed by atoms with Gasteiger partial charge in [-0.2, -0.15) is 0 Å². The average Bonchev–Trinajstić information content (AvgIpc) is 3.18. The van der Waals surface area contributed by atoms with E-state index in [0.29, 0.717) is 6.54 Å².